The molecule has 0 radical (unpaired) electrons. The monoisotopic (exact) mass is 412 g/mol. The van der Waals surface area contributed by atoms with Gasteiger partial charge < -0.3 is 0 Å². The number of pyridine rings is 1. The quantitative estimate of drug-likeness (QED) is 0.453. The number of nitrogens with one attached hydrogen (secondary N) is 1. The molecule has 0 saturated heterocycles. The maximum absolute atomic E-state index is 13.0. The van der Waals surface area contributed by atoms with E-state index in [2.05, 4.69) is 29.0 Å². The Morgan fingerprint density at radius 3 is 2.47 bits per heavy atom. The predicted octanol–water partition coefficient (Wildman–Crippen LogP) is 5.01. The minimum absolute atomic E-state index is 0.263. The van der Waals surface area contributed by atoms with Crippen molar-refractivity contribution >= 4 is 26.6 Å². The highest BCUT2D eigenvalue weighted by molar-refractivity contribution is 7.92. The Bertz CT molecular complexity index is 1460. The number of anilines is 1. The van der Waals surface area contributed by atoms with Crippen molar-refractivity contribution in [1.82, 2.24) is 4.98 Å². The zero-order chi connectivity index (χ0) is 20.5. The Morgan fingerprint density at radius 1 is 0.867 bits per heavy atom. The van der Waals surface area contributed by atoms with Gasteiger partial charge in [0.05, 0.1) is 21.8 Å². The Balaban J connectivity index is 1.51. The first-order valence-electron chi connectivity index (χ1n) is 10.2. The van der Waals surface area contributed by atoms with Gasteiger partial charge in [0.2, 0.25) is 0 Å². The number of rotatable bonds is 3. The van der Waals surface area contributed by atoms with Crippen LogP contribution in [0.5, 0.6) is 0 Å². The summed E-state index contributed by atoms with van der Waals surface area (Å²) in [4.78, 5) is 5.26. The molecule has 1 heterocycles. The summed E-state index contributed by atoms with van der Waals surface area (Å²) in [5, 5.41) is 1.30. The zero-order valence-electron chi connectivity index (χ0n) is 16.6. The average molecular weight is 413 g/mol. The van der Waals surface area contributed by atoms with Crippen LogP contribution in [0.1, 0.15) is 27.8 Å². The van der Waals surface area contributed by atoms with Gasteiger partial charge >= 0.3 is 0 Å². The largest absolute Gasteiger partial charge is 0.279 e. The molecule has 0 spiro atoms. The van der Waals surface area contributed by atoms with Crippen LogP contribution in [-0.2, 0) is 29.3 Å². The first-order chi connectivity index (χ1) is 14.5. The van der Waals surface area contributed by atoms with Crippen LogP contribution in [0.3, 0.4) is 0 Å². The van der Waals surface area contributed by atoms with E-state index in [1.54, 1.807) is 12.1 Å². The van der Waals surface area contributed by atoms with Crippen molar-refractivity contribution in [3.8, 4) is 11.3 Å². The van der Waals surface area contributed by atoms with Crippen LogP contribution >= 0.6 is 0 Å². The number of hydrogen-bond donors (Lipinski definition) is 1. The van der Waals surface area contributed by atoms with Gasteiger partial charge in [-0.15, -0.1) is 0 Å². The first kappa shape index (κ1) is 17.7. The van der Waals surface area contributed by atoms with Crippen molar-refractivity contribution in [2.75, 3.05) is 4.72 Å². The molecule has 30 heavy (non-hydrogen) atoms. The minimum atomic E-state index is -3.68. The molecule has 3 aromatic carbocycles. The molecule has 0 atom stereocenters. The van der Waals surface area contributed by atoms with E-state index in [-0.39, 0.29) is 4.90 Å². The average Bonchev–Trinajstić information content (AvgIpc) is 3.32. The van der Waals surface area contributed by atoms with Gasteiger partial charge in [-0.2, -0.15) is 0 Å². The molecule has 0 bridgehead atoms. The lowest BCUT2D eigenvalue weighted by molar-refractivity contribution is 0.601. The van der Waals surface area contributed by atoms with Crippen molar-refractivity contribution < 1.29 is 8.42 Å². The van der Waals surface area contributed by atoms with E-state index in [0.29, 0.717) is 5.69 Å². The first-order valence-corrected chi connectivity index (χ1v) is 11.6. The molecule has 0 fully saturated rings. The van der Waals surface area contributed by atoms with Crippen LogP contribution in [0.2, 0.25) is 0 Å². The topological polar surface area (TPSA) is 59.1 Å². The number of benzene rings is 3. The summed E-state index contributed by atoms with van der Waals surface area (Å²) in [5.74, 6) is 0. The molecule has 1 aromatic heterocycles. The second-order valence-electron chi connectivity index (χ2n) is 8.16. The summed E-state index contributed by atoms with van der Waals surface area (Å²) >= 11 is 0. The number of nitrogens with zero attached hydrogens (tertiary/aromatic N) is 1. The van der Waals surface area contributed by atoms with E-state index in [0.717, 1.165) is 47.2 Å². The Hall–Kier alpha value is -3.18. The lowest BCUT2D eigenvalue weighted by atomic mass is 10.0. The molecule has 5 heteroatoms. The van der Waals surface area contributed by atoms with Gasteiger partial charge in [-0.05, 0) is 66.3 Å². The Morgan fingerprint density at radius 2 is 1.63 bits per heavy atom. The van der Waals surface area contributed by atoms with Crippen molar-refractivity contribution in [3.05, 3.63) is 88.5 Å². The van der Waals surface area contributed by atoms with Gasteiger partial charge in [-0.25, -0.2) is 13.4 Å². The molecular formula is C25H20N2O2S. The summed E-state index contributed by atoms with van der Waals surface area (Å²) in [5.41, 5.74) is 9.60. The summed E-state index contributed by atoms with van der Waals surface area (Å²) in [7, 11) is -3.68. The number of aryl methyl sites for hydroxylation is 3. The summed E-state index contributed by atoms with van der Waals surface area (Å²) in [6.07, 6.45) is 2.88. The van der Waals surface area contributed by atoms with E-state index in [1.165, 1.54) is 22.1 Å². The lowest BCUT2D eigenvalue weighted by Gasteiger charge is -2.13. The maximum atomic E-state index is 13.0. The lowest BCUT2D eigenvalue weighted by Crippen LogP contribution is -2.13. The summed E-state index contributed by atoms with van der Waals surface area (Å²) in [6, 6.07) is 19.1. The van der Waals surface area contributed by atoms with Crippen molar-refractivity contribution in [2.24, 2.45) is 0 Å². The predicted molar refractivity (Wildman–Crippen MR) is 119 cm³/mol. The van der Waals surface area contributed by atoms with E-state index in [4.69, 9.17) is 4.98 Å². The number of sulfonamides is 1. The van der Waals surface area contributed by atoms with Gasteiger partial charge in [0.15, 0.2) is 0 Å². The molecular weight excluding hydrogens is 392 g/mol. The van der Waals surface area contributed by atoms with Gasteiger partial charge in [-0.1, -0.05) is 42.0 Å². The minimum Gasteiger partial charge on any atom is -0.279 e. The molecule has 2 aliphatic carbocycles. The summed E-state index contributed by atoms with van der Waals surface area (Å²) < 4.78 is 28.9. The molecule has 1 N–H and O–H groups in total. The third-order valence-corrected chi connectivity index (χ3v) is 7.67. The molecule has 4 aromatic rings. The molecule has 4 nitrogen and oxygen atoms in total. The fourth-order valence-electron chi connectivity index (χ4n) is 4.87. The molecule has 0 amide bonds. The standard InChI is InChI=1S/C25H20N2O2S/c1-15-8-11-18(12-9-15)30(28,29)27-22-7-3-5-17-14-20-19-13-10-16-4-2-6-21(23(16)19)26-25(20)24(17)22/h2-9,11-12,27H,10,13-14H2,1H3. The van der Waals surface area contributed by atoms with Crippen LogP contribution in [0.15, 0.2) is 65.6 Å². The van der Waals surface area contributed by atoms with Crippen LogP contribution in [0, 0.1) is 6.92 Å². The Kier molecular flexibility index (Phi) is 3.63. The zero-order valence-corrected chi connectivity index (χ0v) is 17.4. The van der Waals surface area contributed by atoms with Crippen molar-refractivity contribution in [2.45, 2.75) is 31.1 Å². The van der Waals surface area contributed by atoms with Crippen molar-refractivity contribution in [1.29, 1.82) is 0 Å². The molecule has 0 saturated carbocycles. The van der Waals surface area contributed by atoms with E-state index in [1.807, 2.05) is 31.2 Å². The number of aromatic nitrogens is 1. The highest BCUT2D eigenvalue weighted by atomic mass is 32.2. The second kappa shape index (κ2) is 6.16. The SMILES string of the molecule is Cc1ccc(S(=O)(=O)Nc2cccc3c2-c2nc4cccc5c4c(c2C3)CC5)cc1. The van der Waals surface area contributed by atoms with Gasteiger partial charge in [0, 0.05) is 17.4 Å². The van der Waals surface area contributed by atoms with Crippen LogP contribution in [0.4, 0.5) is 5.69 Å². The van der Waals surface area contributed by atoms with Crippen LogP contribution in [0.25, 0.3) is 22.2 Å². The van der Waals surface area contributed by atoms with Gasteiger partial charge in [0.1, 0.15) is 0 Å². The smallest absolute Gasteiger partial charge is 0.261 e. The van der Waals surface area contributed by atoms with Gasteiger partial charge in [0.25, 0.3) is 10.0 Å². The van der Waals surface area contributed by atoms with E-state index in [9.17, 15) is 8.42 Å². The summed E-state index contributed by atoms with van der Waals surface area (Å²) in [6.45, 7) is 1.94. The fraction of sp³-hybridized carbons (Fsp3) is 0.160. The van der Waals surface area contributed by atoms with E-state index >= 15 is 0 Å². The second-order valence-corrected chi connectivity index (χ2v) is 9.85. The van der Waals surface area contributed by atoms with Crippen LogP contribution < -0.4 is 4.72 Å². The number of fused-ring (bicyclic) bond motifs is 4. The highest BCUT2D eigenvalue weighted by Gasteiger charge is 2.30. The van der Waals surface area contributed by atoms with Gasteiger partial charge in [-0.3, -0.25) is 4.72 Å². The van der Waals surface area contributed by atoms with E-state index < -0.39 is 10.0 Å². The molecule has 2 aliphatic rings. The third kappa shape index (κ3) is 2.52. The third-order valence-electron chi connectivity index (χ3n) is 6.29. The maximum Gasteiger partial charge on any atom is 0.261 e. The molecule has 0 aliphatic heterocycles. The number of hydrogen-bond acceptors (Lipinski definition) is 3. The fourth-order valence-corrected chi connectivity index (χ4v) is 5.95. The Labute approximate surface area is 175 Å². The van der Waals surface area contributed by atoms with Crippen LogP contribution in [-0.4, -0.2) is 13.4 Å². The molecule has 0 unspecified atom stereocenters. The highest BCUT2D eigenvalue weighted by Crippen LogP contribution is 2.46. The molecule has 6 rings (SSSR count). The van der Waals surface area contributed by atoms with Crippen molar-refractivity contribution in [3.63, 3.8) is 0 Å². The normalized spacial score (nSPS) is 14.0. The molecule has 148 valence electrons.